The summed E-state index contributed by atoms with van der Waals surface area (Å²) in [5.74, 6) is -0.0917. The molecule has 0 unspecified atom stereocenters. The molecule has 2 heterocycles. The van der Waals surface area contributed by atoms with Crippen molar-refractivity contribution in [2.75, 3.05) is 39.4 Å². The maximum atomic E-state index is 12.3. The first-order valence-corrected chi connectivity index (χ1v) is 7.52. The van der Waals surface area contributed by atoms with Crippen molar-refractivity contribution in [3.63, 3.8) is 0 Å². The van der Waals surface area contributed by atoms with E-state index in [9.17, 15) is 9.59 Å². The summed E-state index contributed by atoms with van der Waals surface area (Å²) < 4.78 is 5.29. The SMILES string of the molecule is NCC1(C(=O)NCC(=O)N2CCCCC2)CCOCC1. The van der Waals surface area contributed by atoms with Gasteiger partial charge in [0.15, 0.2) is 0 Å². The maximum absolute atomic E-state index is 12.3. The van der Waals surface area contributed by atoms with Crippen molar-refractivity contribution in [3.05, 3.63) is 0 Å². The highest BCUT2D eigenvalue weighted by molar-refractivity contribution is 5.88. The quantitative estimate of drug-likeness (QED) is 0.753. The molecule has 2 rings (SSSR count). The molecular formula is C14H25N3O3. The van der Waals surface area contributed by atoms with Crippen molar-refractivity contribution in [1.29, 1.82) is 0 Å². The number of rotatable bonds is 4. The van der Waals surface area contributed by atoms with Gasteiger partial charge >= 0.3 is 0 Å². The summed E-state index contributed by atoms with van der Waals surface area (Å²) in [7, 11) is 0. The van der Waals surface area contributed by atoms with Gasteiger partial charge in [0.1, 0.15) is 0 Å². The minimum absolute atomic E-state index is 0.0114. The number of ether oxygens (including phenoxy) is 1. The molecule has 2 amide bonds. The van der Waals surface area contributed by atoms with E-state index in [1.165, 1.54) is 6.42 Å². The topological polar surface area (TPSA) is 84.7 Å². The van der Waals surface area contributed by atoms with Crippen LogP contribution < -0.4 is 11.1 Å². The van der Waals surface area contributed by atoms with E-state index in [1.807, 2.05) is 4.90 Å². The summed E-state index contributed by atoms with van der Waals surface area (Å²) in [6.45, 7) is 3.13. The highest BCUT2D eigenvalue weighted by Gasteiger charge is 2.38. The molecule has 6 heteroatoms. The van der Waals surface area contributed by atoms with Crippen LogP contribution in [0.4, 0.5) is 0 Å². The maximum Gasteiger partial charge on any atom is 0.241 e. The van der Waals surface area contributed by atoms with Gasteiger partial charge in [0, 0.05) is 32.8 Å². The number of carbonyl (C=O) groups is 2. The van der Waals surface area contributed by atoms with Crippen LogP contribution in [0.15, 0.2) is 0 Å². The van der Waals surface area contributed by atoms with Crippen molar-refractivity contribution in [1.82, 2.24) is 10.2 Å². The van der Waals surface area contributed by atoms with Gasteiger partial charge in [-0.25, -0.2) is 0 Å². The second kappa shape index (κ2) is 7.04. The van der Waals surface area contributed by atoms with Crippen LogP contribution in [0, 0.1) is 5.41 Å². The van der Waals surface area contributed by atoms with Crippen LogP contribution in [0.1, 0.15) is 32.1 Å². The predicted octanol–water partition coefficient (Wildman–Crippen LogP) is -0.129. The van der Waals surface area contributed by atoms with Crippen LogP contribution in [0.5, 0.6) is 0 Å². The molecule has 0 aromatic heterocycles. The Morgan fingerprint density at radius 2 is 1.80 bits per heavy atom. The summed E-state index contributed by atoms with van der Waals surface area (Å²) >= 11 is 0. The number of carbonyl (C=O) groups excluding carboxylic acids is 2. The van der Waals surface area contributed by atoms with Crippen LogP contribution >= 0.6 is 0 Å². The second-order valence-corrected chi connectivity index (χ2v) is 5.72. The van der Waals surface area contributed by atoms with Crippen molar-refractivity contribution >= 4 is 11.8 Å². The Bertz CT molecular complexity index is 348. The third-order valence-electron chi connectivity index (χ3n) is 4.43. The first kappa shape index (κ1) is 15.3. The van der Waals surface area contributed by atoms with Gasteiger partial charge in [-0.05, 0) is 32.1 Å². The Hall–Kier alpha value is -1.14. The Morgan fingerprint density at radius 3 is 2.40 bits per heavy atom. The van der Waals surface area contributed by atoms with Gasteiger partial charge in [-0.2, -0.15) is 0 Å². The first-order valence-electron chi connectivity index (χ1n) is 7.52. The zero-order valence-electron chi connectivity index (χ0n) is 12.0. The molecule has 20 heavy (non-hydrogen) atoms. The zero-order valence-corrected chi connectivity index (χ0v) is 12.0. The molecule has 0 saturated carbocycles. The van der Waals surface area contributed by atoms with E-state index in [4.69, 9.17) is 10.5 Å². The number of hydrogen-bond donors (Lipinski definition) is 2. The number of likely N-dealkylation sites (tertiary alicyclic amines) is 1. The molecule has 114 valence electrons. The Labute approximate surface area is 120 Å². The normalized spacial score (nSPS) is 22.4. The molecule has 0 atom stereocenters. The fourth-order valence-electron chi connectivity index (χ4n) is 2.88. The van der Waals surface area contributed by atoms with E-state index < -0.39 is 5.41 Å². The smallest absolute Gasteiger partial charge is 0.241 e. The molecule has 0 aromatic rings. The highest BCUT2D eigenvalue weighted by atomic mass is 16.5. The molecule has 0 radical (unpaired) electrons. The minimum atomic E-state index is -0.555. The molecule has 0 spiro atoms. The lowest BCUT2D eigenvalue weighted by Crippen LogP contribution is -2.51. The largest absolute Gasteiger partial charge is 0.381 e. The van der Waals surface area contributed by atoms with Crippen molar-refractivity contribution in [2.45, 2.75) is 32.1 Å². The average Bonchev–Trinajstić information content (AvgIpc) is 2.53. The monoisotopic (exact) mass is 283 g/mol. The van der Waals surface area contributed by atoms with Crippen LogP contribution in [0.25, 0.3) is 0 Å². The lowest BCUT2D eigenvalue weighted by atomic mass is 9.79. The van der Waals surface area contributed by atoms with Gasteiger partial charge in [0.25, 0.3) is 0 Å². The number of hydrogen-bond acceptors (Lipinski definition) is 4. The van der Waals surface area contributed by atoms with Gasteiger partial charge in [0.2, 0.25) is 11.8 Å². The van der Waals surface area contributed by atoms with Gasteiger partial charge in [-0.15, -0.1) is 0 Å². The molecule has 0 bridgehead atoms. The molecule has 2 aliphatic heterocycles. The average molecular weight is 283 g/mol. The highest BCUT2D eigenvalue weighted by Crippen LogP contribution is 2.29. The molecule has 2 aliphatic rings. The number of nitrogens with zero attached hydrogens (tertiary/aromatic N) is 1. The molecule has 2 saturated heterocycles. The Morgan fingerprint density at radius 1 is 1.15 bits per heavy atom. The van der Waals surface area contributed by atoms with Crippen molar-refractivity contribution in [2.24, 2.45) is 11.1 Å². The summed E-state index contributed by atoms with van der Waals surface area (Å²) in [5, 5.41) is 2.78. The number of piperidine rings is 1. The van der Waals surface area contributed by atoms with E-state index in [1.54, 1.807) is 0 Å². The van der Waals surface area contributed by atoms with E-state index >= 15 is 0 Å². The number of amides is 2. The van der Waals surface area contributed by atoms with Gasteiger partial charge in [0.05, 0.1) is 12.0 Å². The standard InChI is InChI=1S/C14H25N3O3/c15-11-14(4-8-20-9-5-14)13(19)16-10-12(18)17-6-2-1-3-7-17/h1-11,15H2,(H,16,19). The Balaban J connectivity index is 1.82. The lowest BCUT2D eigenvalue weighted by Gasteiger charge is -2.34. The van der Waals surface area contributed by atoms with Gasteiger partial charge in [-0.3, -0.25) is 9.59 Å². The van der Waals surface area contributed by atoms with Crippen LogP contribution in [-0.2, 0) is 14.3 Å². The van der Waals surface area contributed by atoms with Crippen molar-refractivity contribution in [3.8, 4) is 0 Å². The first-order chi connectivity index (χ1) is 9.68. The van der Waals surface area contributed by atoms with Crippen LogP contribution in [-0.4, -0.2) is 56.1 Å². The fraction of sp³-hybridized carbons (Fsp3) is 0.857. The van der Waals surface area contributed by atoms with Crippen LogP contribution in [0.3, 0.4) is 0 Å². The molecule has 0 aromatic carbocycles. The summed E-state index contributed by atoms with van der Waals surface area (Å²) in [6, 6.07) is 0. The molecular weight excluding hydrogens is 258 g/mol. The number of nitrogens with one attached hydrogen (secondary N) is 1. The van der Waals surface area contributed by atoms with Gasteiger partial charge < -0.3 is 20.7 Å². The van der Waals surface area contributed by atoms with Crippen molar-refractivity contribution < 1.29 is 14.3 Å². The number of nitrogens with two attached hydrogens (primary N) is 1. The lowest BCUT2D eigenvalue weighted by molar-refractivity contribution is -0.139. The fourth-order valence-corrected chi connectivity index (χ4v) is 2.88. The van der Waals surface area contributed by atoms with Crippen LogP contribution in [0.2, 0.25) is 0 Å². The third-order valence-corrected chi connectivity index (χ3v) is 4.43. The van der Waals surface area contributed by atoms with E-state index in [0.717, 1.165) is 25.9 Å². The summed E-state index contributed by atoms with van der Waals surface area (Å²) in [5.41, 5.74) is 5.22. The third kappa shape index (κ3) is 3.49. The second-order valence-electron chi connectivity index (χ2n) is 5.72. The molecule has 3 N–H and O–H groups in total. The zero-order chi connectivity index (χ0) is 14.4. The minimum Gasteiger partial charge on any atom is -0.381 e. The summed E-state index contributed by atoms with van der Waals surface area (Å²) in [6.07, 6.45) is 4.57. The molecule has 6 nitrogen and oxygen atoms in total. The summed E-state index contributed by atoms with van der Waals surface area (Å²) in [4.78, 5) is 26.2. The van der Waals surface area contributed by atoms with E-state index in [0.29, 0.717) is 32.6 Å². The predicted molar refractivity (Wildman–Crippen MR) is 75.0 cm³/mol. The Kier molecular flexibility index (Phi) is 5.37. The van der Waals surface area contributed by atoms with Gasteiger partial charge in [-0.1, -0.05) is 0 Å². The van der Waals surface area contributed by atoms with E-state index in [2.05, 4.69) is 5.32 Å². The molecule has 2 fully saturated rings. The van der Waals surface area contributed by atoms with E-state index in [-0.39, 0.29) is 18.4 Å². The molecule has 0 aliphatic carbocycles.